The summed E-state index contributed by atoms with van der Waals surface area (Å²) >= 11 is 0. The van der Waals surface area contributed by atoms with Gasteiger partial charge in [-0.05, 0) is 48.5 Å². The van der Waals surface area contributed by atoms with E-state index in [2.05, 4.69) is 10.6 Å². The van der Waals surface area contributed by atoms with Crippen molar-refractivity contribution in [3.8, 4) is 11.5 Å². The SMILES string of the molecule is O=c1c(Nc2ccc(O)cc2)c(Nc2ccc(O)cc2)c1=O. The van der Waals surface area contributed by atoms with Crippen LogP contribution in [-0.4, -0.2) is 10.2 Å². The first-order valence-electron chi connectivity index (χ1n) is 6.50. The molecule has 0 atom stereocenters. The van der Waals surface area contributed by atoms with Gasteiger partial charge in [0, 0.05) is 11.4 Å². The summed E-state index contributed by atoms with van der Waals surface area (Å²) in [5, 5.41) is 24.2. The van der Waals surface area contributed by atoms with Crippen LogP contribution >= 0.6 is 0 Å². The average molecular weight is 296 g/mol. The minimum absolute atomic E-state index is 0.109. The van der Waals surface area contributed by atoms with Crippen LogP contribution in [0, 0.1) is 0 Å². The molecule has 0 radical (unpaired) electrons. The highest BCUT2D eigenvalue weighted by molar-refractivity contribution is 5.82. The molecule has 0 heterocycles. The van der Waals surface area contributed by atoms with Crippen molar-refractivity contribution >= 4 is 22.7 Å². The lowest BCUT2D eigenvalue weighted by Crippen LogP contribution is -2.35. The van der Waals surface area contributed by atoms with Crippen LogP contribution in [0.4, 0.5) is 22.7 Å². The Hall–Kier alpha value is -3.28. The number of hydrogen-bond acceptors (Lipinski definition) is 6. The van der Waals surface area contributed by atoms with Gasteiger partial charge in [-0.15, -0.1) is 0 Å². The third-order valence-corrected chi connectivity index (χ3v) is 3.18. The topological polar surface area (TPSA) is 98.7 Å². The smallest absolute Gasteiger partial charge is 0.253 e. The zero-order valence-electron chi connectivity index (χ0n) is 11.3. The van der Waals surface area contributed by atoms with Crippen LogP contribution in [0.3, 0.4) is 0 Å². The van der Waals surface area contributed by atoms with E-state index < -0.39 is 10.9 Å². The minimum Gasteiger partial charge on any atom is -0.508 e. The predicted molar refractivity (Wildman–Crippen MR) is 84.1 cm³/mol. The lowest BCUT2D eigenvalue weighted by atomic mass is 10.1. The molecule has 0 amide bonds. The molecule has 0 saturated carbocycles. The third kappa shape index (κ3) is 2.49. The van der Waals surface area contributed by atoms with E-state index in [4.69, 9.17) is 0 Å². The molecule has 0 aliphatic carbocycles. The molecular formula is C16H12N2O4. The van der Waals surface area contributed by atoms with Gasteiger partial charge >= 0.3 is 0 Å². The second-order valence-corrected chi connectivity index (χ2v) is 4.75. The zero-order valence-corrected chi connectivity index (χ0v) is 11.3. The number of phenolic OH excluding ortho intramolecular Hbond substituents is 2. The first-order chi connectivity index (χ1) is 10.5. The van der Waals surface area contributed by atoms with Crippen LogP contribution in [0.5, 0.6) is 11.5 Å². The van der Waals surface area contributed by atoms with Crippen molar-refractivity contribution in [3.63, 3.8) is 0 Å². The molecule has 3 rings (SSSR count). The molecule has 0 spiro atoms. The van der Waals surface area contributed by atoms with Gasteiger partial charge in [-0.3, -0.25) is 9.59 Å². The highest BCUT2D eigenvalue weighted by Gasteiger charge is 2.21. The van der Waals surface area contributed by atoms with Crippen molar-refractivity contribution < 1.29 is 10.2 Å². The summed E-state index contributed by atoms with van der Waals surface area (Å²) < 4.78 is 0. The molecule has 4 N–H and O–H groups in total. The number of phenols is 2. The molecule has 0 aromatic heterocycles. The molecular weight excluding hydrogens is 284 g/mol. The molecule has 110 valence electrons. The summed E-state index contributed by atoms with van der Waals surface area (Å²) in [7, 11) is 0. The Kier molecular flexibility index (Phi) is 3.27. The largest absolute Gasteiger partial charge is 0.508 e. The quantitative estimate of drug-likeness (QED) is 0.435. The van der Waals surface area contributed by atoms with Gasteiger partial charge < -0.3 is 20.8 Å². The van der Waals surface area contributed by atoms with E-state index in [0.29, 0.717) is 11.4 Å². The second-order valence-electron chi connectivity index (χ2n) is 4.75. The molecule has 6 heteroatoms. The monoisotopic (exact) mass is 296 g/mol. The fraction of sp³-hybridized carbons (Fsp3) is 0. The maximum atomic E-state index is 11.7. The first-order valence-corrected chi connectivity index (χ1v) is 6.50. The van der Waals surface area contributed by atoms with Gasteiger partial charge in [0.1, 0.15) is 22.9 Å². The van der Waals surface area contributed by atoms with E-state index in [1.54, 1.807) is 24.3 Å². The van der Waals surface area contributed by atoms with Gasteiger partial charge in [0.25, 0.3) is 10.9 Å². The van der Waals surface area contributed by atoms with Gasteiger partial charge in [0.05, 0.1) is 0 Å². The Labute approximate surface area is 125 Å². The Morgan fingerprint density at radius 2 is 0.909 bits per heavy atom. The van der Waals surface area contributed by atoms with Gasteiger partial charge in [0.15, 0.2) is 0 Å². The number of hydrogen-bond donors (Lipinski definition) is 4. The maximum Gasteiger partial charge on any atom is 0.253 e. The number of aromatic hydroxyl groups is 2. The van der Waals surface area contributed by atoms with Gasteiger partial charge in [-0.2, -0.15) is 0 Å². The predicted octanol–water partition coefficient (Wildman–Crippen LogP) is 2.18. The van der Waals surface area contributed by atoms with Crippen LogP contribution in [0.2, 0.25) is 0 Å². The summed E-state index contributed by atoms with van der Waals surface area (Å²) in [6.45, 7) is 0. The standard InChI is InChI=1S/C16H12N2O4/c19-11-5-1-9(2-6-11)17-13-14(16(22)15(13)21)18-10-3-7-12(20)8-4-10/h1-8,17-20H. The van der Waals surface area contributed by atoms with Gasteiger partial charge in [-0.1, -0.05) is 0 Å². The molecule has 0 aliphatic rings. The van der Waals surface area contributed by atoms with E-state index >= 15 is 0 Å². The summed E-state index contributed by atoms with van der Waals surface area (Å²) in [6.07, 6.45) is 0. The Bertz CT molecular complexity index is 801. The molecule has 3 aromatic rings. The normalized spacial score (nSPS) is 10.5. The van der Waals surface area contributed by atoms with Crippen LogP contribution < -0.4 is 21.5 Å². The lowest BCUT2D eigenvalue weighted by molar-refractivity contribution is 0.475. The number of nitrogens with one attached hydrogen (secondary N) is 2. The molecule has 0 fully saturated rings. The molecule has 0 unspecified atom stereocenters. The third-order valence-electron chi connectivity index (χ3n) is 3.18. The second kappa shape index (κ2) is 5.25. The zero-order chi connectivity index (χ0) is 15.7. The van der Waals surface area contributed by atoms with Crippen LogP contribution in [0.15, 0.2) is 58.1 Å². The fourth-order valence-electron chi connectivity index (χ4n) is 2.01. The summed E-state index contributed by atoms with van der Waals surface area (Å²) in [6, 6.07) is 12.3. The average Bonchev–Trinajstić information content (AvgIpc) is 2.54. The molecule has 3 aromatic carbocycles. The summed E-state index contributed by atoms with van der Waals surface area (Å²) in [5.74, 6) is 0.218. The minimum atomic E-state index is -0.602. The number of rotatable bonds is 4. The Morgan fingerprint density at radius 1 is 0.591 bits per heavy atom. The highest BCUT2D eigenvalue weighted by atomic mass is 16.3. The molecule has 6 nitrogen and oxygen atoms in total. The molecule has 0 bridgehead atoms. The van der Waals surface area contributed by atoms with Crippen molar-refractivity contribution in [2.75, 3.05) is 10.6 Å². The fourth-order valence-corrected chi connectivity index (χ4v) is 2.01. The summed E-state index contributed by atoms with van der Waals surface area (Å²) in [5.41, 5.74) is 0.300. The van der Waals surface area contributed by atoms with E-state index in [0.717, 1.165) is 0 Å². The van der Waals surface area contributed by atoms with Crippen LogP contribution in [0.1, 0.15) is 0 Å². The highest BCUT2D eigenvalue weighted by Crippen LogP contribution is 2.25. The van der Waals surface area contributed by atoms with Crippen molar-refractivity contribution in [1.82, 2.24) is 0 Å². The van der Waals surface area contributed by atoms with Crippen LogP contribution in [0.25, 0.3) is 0 Å². The lowest BCUT2D eigenvalue weighted by Gasteiger charge is -2.15. The van der Waals surface area contributed by atoms with Gasteiger partial charge in [0.2, 0.25) is 0 Å². The first kappa shape index (κ1) is 13.7. The van der Waals surface area contributed by atoms with E-state index in [9.17, 15) is 19.8 Å². The van der Waals surface area contributed by atoms with Crippen LogP contribution in [-0.2, 0) is 0 Å². The number of benzene rings is 2. The van der Waals surface area contributed by atoms with E-state index in [1.165, 1.54) is 24.3 Å². The Balaban J connectivity index is 1.85. The van der Waals surface area contributed by atoms with Crippen molar-refractivity contribution in [3.05, 3.63) is 69.0 Å². The molecule has 22 heavy (non-hydrogen) atoms. The maximum absolute atomic E-state index is 11.7. The summed E-state index contributed by atoms with van der Waals surface area (Å²) in [4.78, 5) is 23.4. The van der Waals surface area contributed by atoms with Crippen molar-refractivity contribution in [2.45, 2.75) is 0 Å². The molecule has 0 saturated heterocycles. The van der Waals surface area contributed by atoms with Crippen molar-refractivity contribution in [2.24, 2.45) is 0 Å². The Morgan fingerprint density at radius 3 is 1.23 bits per heavy atom. The van der Waals surface area contributed by atoms with Crippen molar-refractivity contribution in [1.29, 1.82) is 0 Å². The van der Waals surface area contributed by atoms with Gasteiger partial charge in [-0.25, -0.2) is 0 Å². The van der Waals surface area contributed by atoms with E-state index in [1.807, 2.05) is 0 Å². The number of anilines is 4. The molecule has 0 aliphatic heterocycles. The van der Waals surface area contributed by atoms with E-state index in [-0.39, 0.29) is 22.9 Å².